The van der Waals surface area contributed by atoms with Crippen LogP contribution in [0.3, 0.4) is 0 Å². The Bertz CT molecular complexity index is 1370. The van der Waals surface area contributed by atoms with Crippen molar-refractivity contribution < 1.29 is 0 Å². The number of rotatable bonds is 6. The molecule has 0 N–H and O–H groups in total. The topological polar surface area (TPSA) is 0 Å². The molecule has 8 atom stereocenters. The lowest BCUT2D eigenvalue weighted by atomic mass is 9.80. The second-order valence-electron chi connectivity index (χ2n) is 17.8. The van der Waals surface area contributed by atoms with Gasteiger partial charge >= 0.3 is 0 Å². The van der Waals surface area contributed by atoms with Crippen LogP contribution in [0.15, 0.2) is 85.0 Å². The summed E-state index contributed by atoms with van der Waals surface area (Å²) in [5.74, 6) is 4.24. The third kappa shape index (κ3) is 5.86. The minimum Gasteiger partial charge on any atom is -0.0808 e. The van der Waals surface area contributed by atoms with E-state index in [-0.39, 0.29) is 10.8 Å². The molecule has 0 bridgehead atoms. The summed E-state index contributed by atoms with van der Waals surface area (Å²) in [5.41, 5.74) is 11.0. The highest BCUT2D eigenvalue weighted by Gasteiger charge is 2.59. The van der Waals surface area contributed by atoms with Crippen molar-refractivity contribution in [1.82, 2.24) is 0 Å². The Kier molecular flexibility index (Phi) is 8.69. The molecule has 6 rings (SSSR count). The Morgan fingerprint density at radius 3 is 1.33 bits per heavy atom. The van der Waals surface area contributed by atoms with Crippen molar-refractivity contribution in [3.8, 4) is 0 Å². The number of hydrogen-bond acceptors (Lipinski definition) is 0. The quantitative estimate of drug-likeness (QED) is 0.283. The van der Waals surface area contributed by atoms with Gasteiger partial charge in [-0.1, -0.05) is 166 Å². The smallest absolute Gasteiger partial charge is 0.0584 e. The standard InChI is InChI=1S/C44H60Si/c1-11-26-45(10,41-29(2)27-39-35(14-12-16-37(39)41)31-18-22-33(23-19-31)43(4,5)6)42-30(3)28-40-36(15-13-17-38(40)42)32-20-24-34(25-21-32)44(7,8)9/h12-25,29-30,37-42H,11,26-28H2,1-10H3. The zero-order valence-electron chi connectivity index (χ0n) is 30.0. The van der Waals surface area contributed by atoms with Crippen molar-refractivity contribution in [2.24, 2.45) is 35.5 Å². The molecule has 1 heteroatoms. The molecule has 0 saturated heterocycles. The van der Waals surface area contributed by atoms with Crippen LogP contribution in [0.5, 0.6) is 0 Å². The van der Waals surface area contributed by atoms with Gasteiger partial charge in [0.05, 0.1) is 8.07 Å². The summed E-state index contributed by atoms with van der Waals surface area (Å²) in [6, 6.07) is 20.7. The maximum Gasteiger partial charge on any atom is 0.0584 e. The van der Waals surface area contributed by atoms with Gasteiger partial charge in [-0.3, -0.25) is 0 Å². The van der Waals surface area contributed by atoms with Crippen molar-refractivity contribution in [2.45, 2.75) is 116 Å². The second kappa shape index (κ2) is 12.0. The molecule has 2 fully saturated rings. The van der Waals surface area contributed by atoms with Gasteiger partial charge in [0.2, 0.25) is 0 Å². The SMILES string of the molecule is CCC[Si](C)(C1C(C)CC2C(c3ccc(C(C)(C)C)cc3)=CC=CC21)C1C(C)CC2C(c3ccc(C(C)(C)C)cc3)=CC=CC21. The van der Waals surface area contributed by atoms with Crippen LogP contribution in [0.4, 0.5) is 0 Å². The van der Waals surface area contributed by atoms with Crippen LogP contribution in [0.2, 0.25) is 23.7 Å². The molecule has 2 saturated carbocycles. The fourth-order valence-electron chi connectivity index (χ4n) is 10.9. The minimum absolute atomic E-state index is 0.191. The fraction of sp³-hybridized carbons (Fsp3) is 0.545. The van der Waals surface area contributed by atoms with Gasteiger partial charge in [-0.2, -0.15) is 0 Å². The van der Waals surface area contributed by atoms with Gasteiger partial charge < -0.3 is 0 Å². The lowest BCUT2D eigenvalue weighted by Gasteiger charge is -2.48. The highest BCUT2D eigenvalue weighted by atomic mass is 28.3. The molecule has 2 aromatic rings. The normalized spacial score (nSPS) is 32.5. The Balaban J connectivity index is 1.30. The van der Waals surface area contributed by atoms with Gasteiger partial charge in [-0.25, -0.2) is 0 Å². The molecule has 240 valence electrons. The number of allylic oxidation sites excluding steroid dienone is 8. The first-order valence-electron chi connectivity index (χ1n) is 18.2. The average molecular weight is 617 g/mol. The van der Waals surface area contributed by atoms with E-state index in [1.165, 1.54) is 47.6 Å². The summed E-state index contributed by atoms with van der Waals surface area (Å²) in [6.07, 6.45) is 19.1. The maximum atomic E-state index is 2.87. The summed E-state index contributed by atoms with van der Waals surface area (Å²) in [4.78, 5) is 0. The Hall–Kier alpha value is -2.38. The Morgan fingerprint density at radius 1 is 0.622 bits per heavy atom. The summed E-state index contributed by atoms with van der Waals surface area (Å²) >= 11 is 0. The molecule has 8 unspecified atom stereocenters. The van der Waals surface area contributed by atoms with E-state index < -0.39 is 8.07 Å². The highest BCUT2D eigenvalue weighted by Crippen LogP contribution is 2.66. The Labute approximate surface area is 277 Å². The third-order valence-electron chi connectivity index (χ3n) is 12.7. The molecular formula is C44H60Si. The molecule has 2 aromatic carbocycles. The van der Waals surface area contributed by atoms with Crippen LogP contribution >= 0.6 is 0 Å². The van der Waals surface area contributed by atoms with Gasteiger partial charge in [-0.05, 0) is 104 Å². The van der Waals surface area contributed by atoms with E-state index in [1.54, 1.807) is 11.1 Å². The van der Waals surface area contributed by atoms with E-state index >= 15 is 0 Å². The molecule has 4 aliphatic rings. The molecule has 0 aliphatic heterocycles. The van der Waals surface area contributed by atoms with E-state index in [2.05, 4.69) is 154 Å². The maximum absolute atomic E-state index is 2.87. The molecule has 0 radical (unpaired) electrons. The molecule has 0 spiro atoms. The largest absolute Gasteiger partial charge is 0.0808 e. The first kappa shape index (κ1) is 32.6. The van der Waals surface area contributed by atoms with Crippen LogP contribution in [-0.4, -0.2) is 8.07 Å². The predicted molar refractivity (Wildman–Crippen MR) is 200 cm³/mol. The number of hydrogen-bond donors (Lipinski definition) is 0. The van der Waals surface area contributed by atoms with Crippen LogP contribution in [-0.2, 0) is 10.8 Å². The minimum atomic E-state index is -1.71. The van der Waals surface area contributed by atoms with Gasteiger partial charge in [0.25, 0.3) is 0 Å². The molecule has 4 aliphatic carbocycles. The zero-order valence-corrected chi connectivity index (χ0v) is 31.0. The molecule has 0 aromatic heterocycles. The van der Waals surface area contributed by atoms with E-state index in [9.17, 15) is 0 Å². The van der Waals surface area contributed by atoms with Crippen LogP contribution in [0, 0.1) is 35.5 Å². The summed E-state index contributed by atoms with van der Waals surface area (Å²) < 4.78 is 0. The highest BCUT2D eigenvalue weighted by molar-refractivity contribution is 6.81. The van der Waals surface area contributed by atoms with Crippen LogP contribution in [0.1, 0.15) is 104 Å². The average Bonchev–Trinajstić information content (AvgIpc) is 3.52. The van der Waals surface area contributed by atoms with E-state index in [0.29, 0.717) is 23.7 Å². The van der Waals surface area contributed by atoms with Gasteiger partial charge in [0.1, 0.15) is 0 Å². The van der Waals surface area contributed by atoms with Crippen molar-refractivity contribution >= 4 is 19.2 Å². The summed E-state index contributed by atoms with van der Waals surface area (Å²) in [6.45, 7) is 24.5. The Morgan fingerprint density at radius 2 is 1.00 bits per heavy atom. The lowest BCUT2D eigenvalue weighted by molar-refractivity contribution is 0.488. The van der Waals surface area contributed by atoms with E-state index in [0.717, 1.165) is 22.9 Å². The molecule has 0 nitrogen and oxygen atoms in total. The monoisotopic (exact) mass is 616 g/mol. The number of benzene rings is 2. The molecule has 0 heterocycles. The van der Waals surface area contributed by atoms with E-state index in [4.69, 9.17) is 0 Å². The van der Waals surface area contributed by atoms with Gasteiger partial charge in [0.15, 0.2) is 0 Å². The van der Waals surface area contributed by atoms with Crippen molar-refractivity contribution in [3.05, 3.63) is 107 Å². The lowest BCUT2D eigenvalue weighted by Crippen LogP contribution is -2.48. The van der Waals surface area contributed by atoms with Crippen LogP contribution in [0.25, 0.3) is 11.1 Å². The fourth-order valence-corrected chi connectivity index (χ4v) is 18.4. The van der Waals surface area contributed by atoms with Crippen molar-refractivity contribution in [2.75, 3.05) is 0 Å². The number of fused-ring (bicyclic) bond motifs is 2. The van der Waals surface area contributed by atoms with Crippen molar-refractivity contribution in [1.29, 1.82) is 0 Å². The van der Waals surface area contributed by atoms with Gasteiger partial charge in [-0.15, -0.1) is 0 Å². The van der Waals surface area contributed by atoms with Gasteiger partial charge in [0, 0.05) is 0 Å². The molecular weight excluding hydrogens is 557 g/mol. The van der Waals surface area contributed by atoms with E-state index in [1.807, 2.05) is 0 Å². The van der Waals surface area contributed by atoms with Crippen molar-refractivity contribution in [3.63, 3.8) is 0 Å². The second-order valence-corrected chi connectivity index (χ2v) is 22.6. The predicted octanol–water partition coefficient (Wildman–Crippen LogP) is 12.7. The summed E-state index contributed by atoms with van der Waals surface area (Å²) in [5, 5.41) is 0. The molecule has 45 heavy (non-hydrogen) atoms. The first-order chi connectivity index (χ1) is 21.2. The molecule has 0 amide bonds. The van der Waals surface area contributed by atoms with Crippen LogP contribution < -0.4 is 0 Å². The summed E-state index contributed by atoms with van der Waals surface area (Å²) in [7, 11) is -1.71. The first-order valence-corrected chi connectivity index (χ1v) is 21.1. The third-order valence-corrected chi connectivity index (χ3v) is 19.3. The zero-order chi connectivity index (χ0) is 32.3.